The molecule has 0 saturated carbocycles. The minimum absolute atomic E-state index is 0. The molecule has 0 spiro atoms. The Morgan fingerprint density at radius 2 is 1.85 bits per heavy atom. The van der Waals surface area contributed by atoms with Crippen molar-refractivity contribution in [3.63, 3.8) is 0 Å². The molecule has 2 aromatic rings. The molecule has 1 saturated heterocycles. The zero-order valence-electron chi connectivity index (χ0n) is 15.4. The van der Waals surface area contributed by atoms with Gasteiger partial charge in [-0.25, -0.2) is 0 Å². The minimum Gasteiger partial charge on any atom is -0.466 e. The van der Waals surface area contributed by atoms with Gasteiger partial charge in [0.15, 0.2) is 0 Å². The first-order valence-electron chi connectivity index (χ1n) is 9.04. The fourth-order valence-corrected chi connectivity index (χ4v) is 3.64. The molecule has 27 heavy (non-hydrogen) atoms. The summed E-state index contributed by atoms with van der Waals surface area (Å²) < 4.78 is 5.11. The van der Waals surface area contributed by atoms with E-state index >= 15 is 0 Å². The second-order valence-electron chi connectivity index (χ2n) is 6.64. The van der Waals surface area contributed by atoms with Crippen molar-refractivity contribution in [1.29, 1.82) is 0 Å². The van der Waals surface area contributed by atoms with E-state index in [1.165, 1.54) is 18.1 Å². The van der Waals surface area contributed by atoms with Gasteiger partial charge < -0.3 is 10.1 Å². The van der Waals surface area contributed by atoms with E-state index in [4.69, 9.17) is 16.3 Å². The van der Waals surface area contributed by atoms with Gasteiger partial charge in [0.2, 0.25) is 0 Å². The molecular weight excluding hydrogens is 383 g/mol. The second kappa shape index (κ2) is 10.7. The van der Waals surface area contributed by atoms with Gasteiger partial charge in [-0.2, -0.15) is 0 Å². The first-order valence-corrected chi connectivity index (χ1v) is 9.42. The molecular formula is C21H26Cl2N2O2. The third kappa shape index (κ3) is 6.22. The maximum atomic E-state index is 11.0. The zero-order chi connectivity index (χ0) is 18.4. The SMILES string of the molecule is CC(=O)OCCC1CN(C(c2ccccc2)c2ccc(Cl)cc2)CCN1.Cl. The van der Waals surface area contributed by atoms with Crippen LogP contribution in [0.2, 0.25) is 5.02 Å². The van der Waals surface area contributed by atoms with Crippen LogP contribution < -0.4 is 5.32 Å². The quantitative estimate of drug-likeness (QED) is 0.731. The third-order valence-corrected chi connectivity index (χ3v) is 4.98. The van der Waals surface area contributed by atoms with Crippen LogP contribution in [0.3, 0.4) is 0 Å². The van der Waals surface area contributed by atoms with Gasteiger partial charge in [0.05, 0.1) is 12.6 Å². The van der Waals surface area contributed by atoms with Crippen LogP contribution in [0.25, 0.3) is 0 Å². The average Bonchev–Trinajstić information content (AvgIpc) is 2.65. The topological polar surface area (TPSA) is 41.6 Å². The number of benzene rings is 2. The highest BCUT2D eigenvalue weighted by atomic mass is 35.5. The van der Waals surface area contributed by atoms with Gasteiger partial charge in [-0.3, -0.25) is 9.69 Å². The van der Waals surface area contributed by atoms with Gasteiger partial charge in [0.25, 0.3) is 0 Å². The summed E-state index contributed by atoms with van der Waals surface area (Å²) in [6.07, 6.45) is 0.818. The maximum Gasteiger partial charge on any atom is 0.302 e. The van der Waals surface area contributed by atoms with Crippen molar-refractivity contribution >= 4 is 30.0 Å². The molecule has 1 N–H and O–H groups in total. The standard InChI is InChI=1S/C21H25ClN2O2.ClH/c1-16(25)26-14-11-20-15-24(13-12-23-20)21(17-5-3-2-4-6-17)18-7-9-19(22)10-8-18;/h2-10,20-21,23H,11-15H2,1H3;1H. The van der Waals surface area contributed by atoms with Crippen LogP contribution in [0, 0.1) is 0 Å². The summed E-state index contributed by atoms with van der Waals surface area (Å²) in [6.45, 7) is 4.70. The summed E-state index contributed by atoms with van der Waals surface area (Å²) in [5, 5.41) is 4.29. The molecule has 0 aliphatic carbocycles. The lowest BCUT2D eigenvalue weighted by atomic mass is 9.95. The van der Waals surface area contributed by atoms with Crippen LogP contribution in [-0.4, -0.2) is 43.2 Å². The molecule has 2 atom stereocenters. The Kier molecular flexibility index (Phi) is 8.58. The van der Waals surface area contributed by atoms with Crippen molar-refractivity contribution in [2.45, 2.75) is 25.4 Å². The minimum atomic E-state index is -0.221. The first kappa shape index (κ1) is 21.7. The molecule has 3 rings (SSSR count). The molecule has 4 nitrogen and oxygen atoms in total. The highest BCUT2D eigenvalue weighted by Crippen LogP contribution is 2.30. The van der Waals surface area contributed by atoms with Gasteiger partial charge in [0, 0.05) is 37.6 Å². The molecule has 0 radical (unpaired) electrons. The van der Waals surface area contributed by atoms with Crippen LogP contribution in [0.15, 0.2) is 54.6 Å². The van der Waals surface area contributed by atoms with Gasteiger partial charge in [-0.1, -0.05) is 54.1 Å². The van der Waals surface area contributed by atoms with Crippen molar-refractivity contribution in [3.05, 3.63) is 70.7 Å². The smallest absolute Gasteiger partial charge is 0.302 e. The Hall–Kier alpha value is -1.59. The number of hydrogen-bond donors (Lipinski definition) is 1. The summed E-state index contributed by atoms with van der Waals surface area (Å²) >= 11 is 6.09. The number of halogens is 2. The van der Waals surface area contributed by atoms with Crippen molar-refractivity contribution in [2.75, 3.05) is 26.2 Å². The lowest BCUT2D eigenvalue weighted by molar-refractivity contribution is -0.141. The van der Waals surface area contributed by atoms with E-state index in [0.717, 1.165) is 31.1 Å². The van der Waals surface area contributed by atoms with E-state index in [-0.39, 0.29) is 24.4 Å². The van der Waals surface area contributed by atoms with Crippen LogP contribution >= 0.6 is 24.0 Å². The highest BCUT2D eigenvalue weighted by molar-refractivity contribution is 6.30. The molecule has 1 aliphatic rings. The van der Waals surface area contributed by atoms with Crippen LogP contribution in [0.5, 0.6) is 0 Å². The van der Waals surface area contributed by atoms with E-state index in [1.54, 1.807) is 0 Å². The Bertz CT molecular complexity index is 710. The molecule has 0 bridgehead atoms. The number of esters is 1. The highest BCUT2D eigenvalue weighted by Gasteiger charge is 2.27. The van der Waals surface area contributed by atoms with Crippen molar-refractivity contribution in [3.8, 4) is 0 Å². The number of nitrogens with zero attached hydrogens (tertiary/aromatic N) is 1. The van der Waals surface area contributed by atoms with E-state index in [1.807, 2.05) is 18.2 Å². The van der Waals surface area contributed by atoms with Gasteiger partial charge >= 0.3 is 5.97 Å². The molecule has 0 aromatic heterocycles. The van der Waals surface area contributed by atoms with E-state index in [9.17, 15) is 4.79 Å². The molecule has 2 unspecified atom stereocenters. The lowest BCUT2D eigenvalue weighted by Crippen LogP contribution is -2.52. The zero-order valence-corrected chi connectivity index (χ0v) is 17.0. The fraction of sp³-hybridized carbons (Fsp3) is 0.381. The lowest BCUT2D eigenvalue weighted by Gasteiger charge is -2.39. The molecule has 1 aliphatic heterocycles. The predicted octanol–water partition coefficient (Wildman–Crippen LogP) is 4.08. The molecule has 1 heterocycles. The monoisotopic (exact) mass is 408 g/mol. The summed E-state index contributed by atoms with van der Waals surface area (Å²) in [5.74, 6) is -0.221. The van der Waals surface area contributed by atoms with Crippen molar-refractivity contribution < 1.29 is 9.53 Å². The Morgan fingerprint density at radius 3 is 2.52 bits per heavy atom. The Morgan fingerprint density at radius 1 is 1.19 bits per heavy atom. The van der Waals surface area contributed by atoms with Crippen LogP contribution in [0.1, 0.15) is 30.5 Å². The fourth-order valence-electron chi connectivity index (χ4n) is 3.52. The van der Waals surface area contributed by atoms with Crippen LogP contribution in [-0.2, 0) is 9.53 Å². The van der Waals surface area contributed by atoms with Crippen molar-refractivity contribution in [2.24, 2.45) is 0 Å². The number of carbonyl (C=O) groups is 1. The molecule has 2 aromatic carbocycles. The first-order chi connectivity index (χ1) is 12.6. The van der Waals surface area contributed by atoms with Gasteiger partial charge in [-0.15, -0.1) is 12.4 Å². The second-order valence-corrected chi connectivity index (χ2v) is 7.08. The Labute approximate surface area is 172 Å². The van der Waals surface area contributed by atoms with E-state index < -0.39 is 0 Å². The summed E-state index contributed by atoms with van der Waals surface area (Å²) in [7, 11) is 0. The number of rotatable bonds is 6. The summed E-state index contributed by atoms with van der Waals surface area (Å²) in [4.78, 5) is 13.5. The normalized spacial score (nSPS) is 18.4. The maximum absolute atomic E-state index is 11.0. The molecule has 0 amide bonds. The number of ether oxygens (including phenoxy) is 1. The third-order valence-electron chi connectivity index (χ3n) is 4.72. The summed E-state index contributed by atoms with van der Waals surface area (Å²) in [6, 6.07) is 19.2. The number of piperazine rings is 1. The van der Waals surface area contributed by atoms with Crippen LogP contribution in [0.4, 0.5) is 0 Å². The van der Waals surface area contributed by atoms with E-state index in [0.29, 0.717) is 12.6 Å². The van der Waals surface area contributed by atoms with Crippen molar-refractivity contribution in [1.82, 2.24) is 10.2 Å². The predicted molar refractivity (Wildman–Crippen MR) is 112 cm³/mol. The Balaban J connectivity index is 0.00000261. The number of hydrogen-bond acceptors (Lipinski definition) is 4. The van der Waals surface area contributed by atoms with Gasteiger partial charge in [0.1, 0.15) is 0 Å². The number of carbonyl (C=O) groups excluding carboxylic acids is 1. The molecule has 6 heteroatoms. The van der Waals surface area contributed by atoms with E-state index in [2.05, 4.69) is 46.6 Å². The molecule has 146 valence electrons. The van der Waals surface area contributed by atoms with Gasteiger partial charge in [-0.05, 0) is 29.7 Å². The largest absolute Gasteiger partial charge is 0.466 e. The summed E-state index contributed by atoms with van der Waals surface area (Å²) in [5.41, 5.74) is 2.51. The molecule has 1 fully saturated rings. The average molecular weight is 409 g/mol. The number of nitrogens with one attached hydrogen (secondary N) is 1.